The normalized spacial score (nSPS) is 10.1. The molecule has 1 aromatic rings. The van der Waals surface area contributed by atoms with E-state index in [0.29, 0.717) is 12.2 Å². The van der Waals surface area contributed by atoms with Crippen molar-refractivity contribution in [3.8, 4) is 5.75 Å². The maximum absolute atomic E-state index is 10.9. The molecule has 3 N–H and O–H groups in total. The van der Waals surface area contributed by atoms with Crippen molar-refractivity contribution in [2.45, 2.75) is 19.9 Å². The fraction of sp³-hybridized carbons (Fsp3) is 0.444. The zero-order valence-electron chi connectivity index (χ0n) is 8.28. The lowest BCUT2D eigenvalue weighted by atomic mass is 10.3. The van der Waals surface area contributed by atoms with Crippen LogP contribution in [0.15, 0.2) is 6.20 Å². The minimum atomic E-state index is -1.02. The van der Waals surface area contributed by atoms with Crippen LogP contribution in [0.4, 0.5) is 5.69 Å². The Morgan fingerprint density at radius 3 is 2.79 bits per heavy atom. The Morgan fingerprint density at radius 1 is 1.71 bits per heavy atom. The predicted molar refractivity (Wildman–Crippen MR) is 52.6 cm³/mol. The fourth-order valence-corrected chi connectivity index (χ4v) is 1.41. The maximum Gasteiger partial charge on any atom is 0.356 e. The van der Waals surface area contributed by atoms with Crippen molar-refractivity contribution in [3.05, 3.63) is 11.9 Å². The summed E-state index contributed by atoms with van der Waals surface area (Å²) in [5.74, 6) is -0.780. The molecule has 0 aliphatic heterocycles. The minimum absolute atomic E-state index is 0.117. The van der Waals surface area contributed by atoms with Crippen LogP contribution in [0.3, 0.4) is 0 Å². The highest BCUT2D eigenvalue weighted by molar-refractivity contribution is 5.92. The second-order valence-corrected chi connectivity index (χ2v) is 2.96. The van der Waals surface area contributed by atoms with Crippen molar-refractivity contribution in [3.63, 3.8) is 0 Å². The van der Waals surface area contributed by atoms with Crippen LogP contribution in [0.1, 0.15) is 23.8 Å². The smallest absolute Gasteiger partial charge is 0.356 e. The van der Waals surface area contributed by atoms with E-state index in [9.17, 15) is 4.79 Å². The average Bonchev–Trinajstić information content (AvgIpc) is 2.42. The molecule has 1 aromatic heterocycles. The number of aryl methyl sites for hydroxylation is 1. The van der Waals surface area contributed by atoms with Gasteiger partial charge in [-0.1, -0.05) is 6.92 Å². The first-order valence-electron chi connectivity index (χ1n) is 4.37. The molecule has 0 aromatic carbocycles. The van der Waals surface area contributed by atoms with Gasteiger partial charge in [0.25, 0.3) is 0 Å². The molecule has 0 bridgehead atoms. The van der Waals surface area contributed by atoms with Crippen LogP contribution < -0.4 is 10.5 Å². The molecule has 0 radical (unpaired) electrons. The van der Waals surface area contributed by atoms with E-state index >= 15 is 0 Å². The summed E-state index contributed by atoms with van der Waals surface area (Å²) in [6.45, 7) is 2.59. The monoisotopic (exact) mass is 198 g/mol. The number of methoxy groups -OCH3 is 1. The number of carboxylic acids is 1. The Morgan fingerprint density at radius 2 is 2.36 bits per heavy atom. The summed E-state index contributed by atoms with van der Waals surface area (Å²) >= 11 is 0. The summed E-state index contributed by atoms with van der Waals surface area (Å²) in [6.07, 6.45) is 2.43. The van der Waals surface area contributed by atoms with Gasteiger partial charge in [-0.15, -0.1) is 0 Å². The molecule has 14 heavy (non-hydrogen) atoms. The average molecular weight is 198 g/mol. The van der Waals surface area contributed by atoms with E-state index in [-0.39, 0.29) is 11.4 Å². The summed E-state index contributed by atoms with van der Waals surface area (Å²) in [5, 5.41) is 8.96. The first-order chi connectivity index (χ1) is 6.61. The second kappa shape index (κ2) is 4.04. The molecule has 0 atom stereocenters. The lowest BCUT2D eigenvalue weighted by molar-refractivity contribution is 0.0681. The molecule has 0 saturated carbocycles. The quantitative estimate of drug-likeness (QED) is 0.761. The Hall–Kier alpha value is -1.65. The first-order valence-corrected chi connectivity index (χ1v) is 4.37. The van der Waals surface area contributed by atoms with Crippen molar-refractivity contribution >= 4 is 11.7 Å². The molecule has 0 saturated heterocycles. The SMILES string of the molecule is CCCn1cc(N)c(OC)c1C(=O)O. The summed E-state index contributed by atoms with van der Waals surface area (Å²) < 4.78 is 6.53. The lowest BCUT2D eigenvalue weighted by Crippen LogP contribution is -2.08. The Labute approximate surface area is 82.1 Å². The van der Waals surface area contributed by atoms with Gasteiger partial charge in [0, 0.05) is 12.7 Å². The third-order valence-electron chi connectivity index (χ3n) is 1.93. The van der Waals surface area contributed by atoms with Gasteiger partial charge in [0.05, 0.1) is 12.8 Å². The van der Waals surface area contributed by atoms with E-state index in [1.807, 2.05) is 6.92 Å². The molecule has 0 fully saturated rings. The van der Waals surface area contributed by atoms with E-state index < -0.39 is 5.97 Å². The Bertz CT molecular complexity index is 344. The second-order valence-electron chi connectivity index (χ2n) is 2.96. The van der Waals surface area contributed by atoms with Crippen molar-refractivity contribution < 1.29 is 14.6 Å². The highest BCUT2D eigenvalue weighted by atomic mass is 16.5. The molecule has 78 valence electrons. The van der Waals surface area contributed by atoms with Gasteiger partial charge >= 0.3 is 5.97 Å². The lowest BCUT2D eigenvalue weighted by Gasteiger charge is -2.04. The van der Waals surface area contributed by atoms with Gasteiger partial charge in [-0.3, -0.25) is 0 Å². The van der Waals surface area contributed by atoms with Crippen LogP contribution in [0.5, 0.6) is 5.75 Å². The number of carbonyl (C=O) groups is 1. The number of rotatable bonds is 4. The Kier molecular flexibility index (Phi) is 3.01. The molecule has 0 spiro atoms. The number of nitrogen functional groups attached to an aromatic ring is 1. The molecule has 5 heteroatoms. The molecule has 0 amide bonds. The molecular weight excluding hydrogens is 184 g/mol. The van der Waals surface area contributed by atoms with E-state index in [2.05, 4.69) is 0 Å². The van der Waals surface area contributed by atoms with Crippen molar-refractivity contribution in [2.75, 3.05) is 12.8 Å². The van der Waals surface area contributed by atoms with Crippen LogP contribution in [0.2, 0.25) is 0 Å². The van der Waals surface area contributed by atoms with Crippen LogP contribution in [0, 0.1) is 0 Å². The van der Waals surface area contributed by atoms with Gasteiger partial charge < -0.3 is 20.1 Å². The van der Waals surface area contributed by atoms with Crippen LogP contribution >= 0.6 is 0 Å². The number of carboxylic acid groups (broad SMARTS) is 1. The fourth-order valence-electron chi connectivity index (χ4n) is 1.41. The van der Waals surface area contributed by atoms with Crippen LogP contribution in [-0.4, -0.2) is 22.8 Å². The van der Waals surface area contributed by atoms with Gasteiger partial charge in [-0.2, -0.15) is 0 Å². The van der Waals surface area contributed by atoms with Crippen LogP contribution in [0.25, 0.3) is 0 Å². The number of hydrogen-bond donors (Lipinski definition) is 2. The summed E-state index contributed by atoms with van der Waals surface area (Å²) in [4.78, 5) is 10.9. The van der Waals surface area contributed by atoms with E-state index in [0.717, 1.165) is 6.42 Å². The van der Waals surface area contributed by atoms with Gasteiger partial charge in [0.15, 0.2) is 11.4 Å². The molecule has 0 unspecified atom stereocenters. The number of aromatic nitrogens is 1. The highest BCUT2D eigenvalue weighted by Crippen LogP contribution is 2.28. The number of nitrogens with two attached hydrogens (primary N) is 1. The zero-order chi connectivity index (χ0) is 10.7. The zero-order valence-corrected chi connectivity index (χ0v) is 8.28. The first kappa shape index (κ1) is 10.4. The number of anilines is 1. The van der Waals surface area contributed by atoms with E-state index in [4.69, 9.17) is 15.6 Å². The number of aromatic carboxylic acids is 1. The predicted octanol–water partition coefficient (Wildman–Crippen LogP) is 1.19. The van der Waals surface area contributed by atoms with Gasteiger partial charge in [-0.25, -0.2) is 4.79 Å². The van der Waals surface area contributed by atoms with Gasteiger partial charge in [0.2, 0.25) is 0 Å². The summed E-state index contributed by atoms with van der Waals surface area (Å²) in [7, 11) is 1.41. The van der Waals surface area contributed by atoms with Crippen molar-refractivity contribution in [1.29, 1.82) is 0 Å². The molecule has 0 aliphatic carbocycles. The number of nitrogens with zero attached hydrogens (tertiary/aromatic N) is 1. The molecular formula is C9H14N2O3. The highest BCUT2D eigenvalue weighted by Gasteiger charge is 2.20. The van der Waals surface area contributed by atoms with Gasteiger partial charge in [-0.05, 0) is 6.42 Å². The maximum atomic E-state index is 10.9. The molecule has 1 heterocycles. The third kappa shape index (κ3) is 1.66. The summed E-state index contributed by atoms with van der Waals surface area (Å²) in [5.41, 5.74) is 6.09. The third-order valence-corrected chi connectivity index (χ3v) is 1.93. The van der Waals surface area contributed by atoms with E-state index in [1.165, 1.54) is 7.11 Å². The van der Waals surface area contributed by atoms with E-state index in [1.54, 1.807) is 10.8 Å². The number of ether oxygens (including phenoxy) is 1. The van der Waals surface area contributed by atoms with Crippen molar-refractivity contribution in [2.24, 2.45) is 0 Å². The number of hydrogen-bond acceptors (Lipinski definition) is 3. The largest absolute Gasteiger partial charge is 0.492 e. The topological polar surface area (TPSA) is 77.5 Å². The van der Waals surface area contributed by atoms with Crippen LogP contribution in [-0.2, 0) is 6.54 Å². The van der Waals surface area contributed by atoms with Gasteiger partial charge in [0.1, 0.15) is 0 Å². The molecule has 5 nitrogen and oxygen atoms in total. The van der Waals surface area contributed by atoms with Crippen molar-refractivity contribution in [1.82, 2.24) is 4.57 Å². The molecule has 0 aliphatic rings. The minimum Gasteiger partial charge on any atom is -0.492 e. The Balaban J connectivity index is 3.22. The molecule has 1 rings (SSSR count). The standard InChI is InChI=1S/C9H14N2O3/c1-3-4-11-5-6(10)8(14-2)7(11)9(12)13/h5H,3-4,10H2,1-2H3,(H,12,13). The summed E-state index contributed by atoms with van der Waals surface area (Å²) in [6, 6.07) is 0.